The molecule has 1 amide bonds. The van der Waals surface area contributed by atoms with Crippen molar-refractivity contribution in [3.05, 3.63) is 47.7 Å². The Morgan fingerprint density at radius 3 is 2.62 bits per heavy atom. The first-order valence-corrected chi connectivity index (χ1v) is 7.12. The normalized spacial score (nSPS) is 13.7. The molecule has 3 N–H and O–H groups in total. The van der Waals surface area contributed by atoms with Gasteiger partial charge >= 0.3 is 0 Å². The van der Waals surface area contributed by atoms with Crippen LogP contribution in [0.25, 0.3) is 0 Å². The van der Waals surface area contributed by atoms with E-state index in [9.17, 15) is 4.79 Å². The third kappa shape index (κ3) is 3.92. The molecule has 0 aliphatic heterocycles. The molecule has 5 nitrogen and oxygen atoms in total. The Morgan fingerprint density at radius 1 is 1.33 bits per heavy atom. The van der Waals surface area contributed by atoms with Crippen LogP contribution in [-0.2, 0) is 11.3 Å². The Bertz CT molecular complexity index is 604. The highest BCUT2D eigenvalue weighted by molar-refractivity contribution is 5.92. The third-order valence-electron chi connectivity index (χ3n) is 3.53. The molecule has 5 heteroatoms. The average molecular weight is 286 g/mol. The van der Waals surface area contributed by atoms with Gasteiger partial charge in [0.25, 0.3) is 0 Å². The first-order chi connectivity index (χ1) is 9.97. The van der Waals surface area contributed by atoms with Crippen LogP contribution in [-0.4, -0.2) is 21.7 Å². The van der Waals surface area contributed by atoms with Crippen LogP contribution in [0.5, 0.6) is 0 Å². The molecule has 0 radical (unpaired) electrons. The Balaban J connectivity index is 2.15. The van der Waals surface area contributed by atoms with Crippen molar-refractivity contribution >= 4 is 11.7 Å². The predicted molar refractivity (Wildman–Crippen MR) is 84.0 cm³/mol. The van der Waals surface area contributed by atoms with Crippen molar-refractivity contribution in [3.63, 3.8) is 0 Å². The molecule has 2 aromatic rings. The van der Waals surface area contributed by atoms with E-state index in [1.807, 2.05) is 57.2 Å². The number of rotatable bonds is 5. The summed E-state index contributed by atoms with van der Waals surface area (Å²) in [5.41, 5.74) is 7.78. The summed E-state index contributed by atoms with van der Waals surface area (Å²) in [6.45, 7) is 6.19. The summed E-state index contributed by atoms with van der Waals surface area (Å²) in [5, 5.41) is 7.35. The van der Waals surface area contributed by atoms with Crippen molar-refractivity contribution in [1.29, 1.82) is 0 Å². The number of carbonyl (C=O) groups excluding carboxylic acids is 1. The van der Waals surface area contributed by atoms with E-state index < -0.39 is 0 Å². The molecular formula is C16H22N4O. The lowest BCUT2D eigenvalue weighted by Crippen LogP contribution is -2.34. The van der Waals surface area contributed by atoms with E-state index in [1.165, 1.54) is 0 Å². The zero-order valence-corrected chi connectivity index (χ0v) is 12.7. The van der Waals surface area contributed by atoms with Gasteiger partial charge in [0.1, 0.15) is 5.82 Å². The quantitative estimate of drug-likeness (QED) is 0.884. The fourth-order valence-corrected chi connectivity index (χ4v) is 2.00. The largest absolute Gasteiger partial charge is 0.327 e. The van der Waals surface area contributed by atoms with Gasteiger partial charge in [-0.25, -0.2) is 4.68 Å². The highest BCUT2D eigenvalue weighted by Crippen LogP contribution is 2.14. The average Bonchev–Trinajstić information content (AvgIpc) is 2.78. The zero-order chi connectivity index (χ0) is 15.4. The molecule has 0 saturated carbocycles. The zero-order valence-electron chi connectivity index (χ0n) is 12.7. The van der Waals surface area contributed by atoms with Crippen LogP contribution in [0.4, 0.5) is 5.82 Å². The monoisotopic (exact) mass is 286 g/mol. The first-order valence-electron chi connectivity index (χ1n) is 7.12. The van der Waals surface area contributed by atoms with E-state index in [1.54, 1.807) is 4.68 Å². The lowest BCUT2D eigenvalue weighted by Gasteiger charge is -2.16. The van der Waals surface area contributed by atoms with Crippen LogP contribution in [0.1, 0.15) is 25.1 Å². The SMILES string of the molecule is Cc1cc(NC(=O)C(C)C(C)N)n(Cc2ccccc2)n1. The van der Waals surface area contributed by atoms with Crippen molar-refractivity contribution in [2.75, 3.05) is 5.32 Å². The van der Waals surface area contributed by atoms with Crippen LogP contribution >= 0.6 is 0 Å². The van der Waals surface area contributed by atoms with Crippen molar-refractivity contribution in [2.24, 2.45) is 11.7 Å². The van der Waals surface area contributed by atoms with Gasteiger partial charge in [-0.3, -0.25) is 4.79 Å². The summed E-state index contributed by atoms with van der Waals surface area (Å²) in [4.78, 5) is 12.1. The summed E-state index contributed by atoms with van der Waals surface area (Å²) in [6, 6.07) is 11.7. The molecule has 0 spiro atoms. The molecular weight excluding hydrogens is 264 g/mol. The number of anilines is 1. The van der Waals surface area contributed by atoms with Crippen LogP contribution in [0.15, 0.2) is 36.4 Å². The number of aryl methyl sites for hydroxylation is 1. The molecule has 1 aromatic heterocycles. The minimum atomic E-state index is -0.245. The number of aromatic nitrogens is 2. The maximum Gasteiger partial charge on any atom is 0.229 e. The molecule has 0 bridgehead atoms. The molecule has 1 aromatic carbocycles. The molecule has 112 valence electrons. The number of hydrogen-bond donors (Lipinski definition) is 2. The van der Waals surface area contributed by atoms with Crippen molar-refractivity contribution < 1.29 is 4.79 Å². The Labute approximate surface area is 125 Å². The molecule has 1 heterocycles. The molecule has 2 unspecified atom stereocenters. The minimum absolute atomic E-state index is 0.0841. The number of benzene rings is 1. The van der Waals surface area contributed by atoms with Gasteiger partial charge in [-0.15, -0.1) is 0 Å². The molecule has 2 rings (SSSR count). The number of amides is 1. The third-order valence-corrected chi connectivity index (χ3v) is 3.53. The van der Waals surface area contributed by atoms with E-state index in [0.717, 1.165) is 11.3 Å². The summed E-state index contributed by atoms with van der Waals surface area (Å²) in [6.07, 6.45) is 0. The van der Waals surface area contributed by atoms with Gasteiger partial charge in [-0.05, 0) is 19.4 Å². The van der Waals surface area contributed by atoms with Crippen molar-refractivity contribution in [1.82, 2.24) is 9.78 Å². The number of hydrogen-bond acceptors (Lipinski definition) is 3. The van der Waals surface area contributed by atoms with Crippen LogP contribution in [0.2, 0.25) is 0 Å². The van der Waals surface area contributed by atoms with Crippen molar-refractivity contribution in [2.45, 2.75) is 33.4 Å². The second kappa shape index (κ2) is 6.54. The van der Waals surface area contributed by atoms with Gasteiger partial charge < -0.3 is 11.1 Å². The van der Waals surface area contributed by atoms with E-state index in [-0.39, 0.29) is 17.9 Å². The minimum Gasteiger partial charge on any atom is -0.327 e. The fraction of sp³-hybridized carbons (Fsp3) is 0.375. The second-order valence-corrected chi connectivity index (χ2v) is 5.45. The van der Waals surface area contributed by atoms with Gasteiger partial charge in [0, 0.05) is 12.1 Å². The summed E-state index contributed by atoms with van der Waals surface area (Å²) in [7, 11) is 0. The molecule has 0 fully saturated rings. The predicted octanol–water partition coefficient (Wildman–Crippen LogP) is 2.16. The van der Waals surface area contributed by atoms with E-state index in [2.05, 4.69) is 10.4 Å². The second-order valence-electron chi connectivity index (χ2n) is 5.45. The van der Waals surface area contributed by atoms with E-state index in [4.69, 9.17) is 5.73 Å². The van der Waals surface area contributed by atoms with Crippen LogP contribution in [0.3, 0.4) is 0 Å². The molecule has 2 atom stereocenters. The van der Waals surface area contributed by atoms with Crippen LogP contribution < -0.4 is 11.1 Å². The maximum atomic E-state index is 12.1. The van der Waals surface area contributed by atoms with Gasteiger partial charge in [0.15, 0.2) is 0 Å². The lowest BCUT2D eigenvalue weighted by molar-refractivity contribution is -0.119. The molecule has 0 aliphatic carbocycles. The van der Waals surface area contributed by atoms with E-state index in [0.29, 0.717) is 12.4 Å². The van der Waals surface area contributed by atoms with Crippen molar-refractivity contribution in [3.8, 4) is 0 Å². The van der Waals surface area contributed by atoms with Crippen LogP contribution in [0, 0.1) is 12.8 Å². The fourth-order valence-electron chi connectivity index (χ4n) is 2.00. The lowest BCUT2D eigenvalue weighted by atomic mass is 10.0. The first kappa shape index (κ1) is 15.3. The molecule has 0 aliphatic rings. The van der Waals surface area contributed by atoms with Gasteiger partial charge in [0.2, 0.25) is 5.91 Å². The Kier molecular flexibility index (Phi) is 4.75. The highest BCUT2D eigenvalue weighted by atomic mass is 16.2. The summed E-state index contributed by atoms with van der Waals surface area (Å²) >= 11 is 0. The van der Waals surface area contributed by atoms with Gasteiger partial charge in [0.05, 0.1) is 18.2 Å². The molecule has 0 saturated heterocycles. The highest BCUT2D eigenvalue weighted by Gasteiger charge is 2.19. The maximum absolute atomic E-state index is 12.1. The summed E-state index contributed by atoms with van der Waals surface area (Å²) < 4.78 is 1.80. The number of carbonyl (C=O) groups is 1. The van der Waals surface area contributed by atoms with Gasteiger partial charge in [-0.2, -0.15) is 5.10 Å². The van der Waals surface area contributed by atoms with E-state index >= 15 is 0 Å². The Morgan fingerprint density at radius 2 is 2.00 bits per heavy atom. The smallest absolute Gasteiger partial charge is 0.229 e. The number of nitrogens with two attached hydrogens (primary N) is 1. The Hall–Kier alpha value is -2.14. The summed E-state index contributed by atoms with van der Waals surface area (Å²) in [5.74, 6) is 0.374. The molecule has 21 heavy (non-hydrogen) atoms. The topological polar surface area (TPSA) is 72.9 Å². The standard InChI is InChI=1S/C16H22N4O/c1-11-9-15(18-16(21)12(2)13(3)17)20(19-11)10-14-7-5-4-6-8-14/h4-9,12-13H,10,17H2,1-3H3,(H,18,21). The number of nitrogens with one attached hydrogen (secondary N) is 1. The number of nitrogens with zero attached hydrogens (tertiary/aromatic N) is 2. The van der Waals surface area contributed by atoms with Gasteiger partial charge in [-0.1, -0.05) is 37.3 Å².